The molecule has 0 atom stereocenters. The number of hydrogen-bond donors (Lipinski definition) is 0. The molecule has 7 heteroatoms. The van der Waals surface area contributed by atoms with Crippen LogP contribution in [0.4, 0.5) is 0 Å². The Balaban J connectivity index is 1.51. The molecule has 1 heterocycles. The van der Waals surface area contributed by atoms with Crippen molar-refractivity contribution < 1.29 is 28.5 Å². The second-order valence-electron chi connectivity index (χ2n) is 6.95. The normalized spacial score (nSPS) is 12.7. The third-order valence-corrected chi connectivity index (χ3v) is 5.13. The van der Waals surface area contributed by atoms with Crippen molar-refractivity contribution in [1.29, 1.82) is 0 Å². The number of fused-ring (bicyclic) bond motifs is 1. The SMILES string of the molecule is CCc1ccccc1OCC(=O)OCC(=O)N1CCc2cc(OC)c(OC)cc2C1. The first kappa shape index (κ1) is 21.5. The first-order valence-corrected chi connectivity index (χ1v) is 9.93. The van der Waals surface area contributed by atoms with Gasteiger partial charge in [0.1, 0.15) is 5.75 Å². The molecule has 160 valence electrons. The van der Waals surface area contributed by atoms with E-state index in [1.807, 2.05) is 43.3 Å². The van der Waals surface area contributed by atoms with Crippen molar-refractivity contribution >= 4 is 11.9 Å². The van der Waals surface area contributed by atoms with Crippen LogP contribution in [-0.2, 0) is 33.7 Å². The lowest BCUT2D eigenvalue weighted by Crippen LogP contribution is -2.39. The maximum Gasteiger partial charge on any atom is 0.344 e. The zero-order valence-corrected chi connectivity index (χ0v) is 17.6. The number of nitrogens with zero attached hydrogens (tertiary/aromatic N) is 1. The van der Waals surface area contributed by atoms with E-state index in [2.05, 4.69) is 0 Å². The molecule has 0 unspecified atom stereocenters. The molecule has 30 heavy (non-hydrogen) atoms. The summed E-state index contributed by atoms with van der Waals surface area (Å²) >= 11 is 0. The molecule has 3 rings (SSSR count). The molecule has 0 saturated carbocycles. The van der Waals surface area contributed by atoms with Crippen LogP contribution in [0.15, 0.2) is 36.4 Å². The number of aryl methyl sites for hydroxylation is 1. The highest BCUT2D eigenvalue weighted by molar-refractivity contribution is 5.81. The summed E-state index contributed by atoms with van der Waals surface area (Å²) in [5, 5.41) is 0. The van der Waals surface area contributed by atoms with Crippen molar-refractivity contribution in [2.24, 2.45) is 0 Å². The molecule has 1 aliphatic heterocycles. The number of methoxy groups -OCH3 is 2. The quantitative estimate of drug-likeness (QED) is 0.620. The van der Waals surface area contributed by atoms with E-state index in [0.29, 0.717) is 36.8 Å². The molecule has 2 aromatic rings. The molecular weight excluding hydrogens is 386 g/mol. The Morgan fingerprint density at radius 3 is 2.37 bits per heavy atom. The minimum atomic E-state index is -0.571. The van der Waals surface area contributed by atoms with E-state index in [1.165, 1.54) is 0 Å². The highest BCUT2D eigenvalue weighted by Gasteiger charge is 2.23. The number of benzene rings is 2. The molecule has 1 amide bonds. The van der Waals surface area contributed by atoms with Crippen molar-refractivity contribution in [1.82, 2.24) is 4.90 Å². The van der Waals surface area contributed by atoms with Crippen LogP contribution in [0.5, 0.6) is 17.2 Å². The lowest BCUT2D eigenvalue weighted by molar-refractivity contribution is -0.154. The van der Waals surface area contributed by atoms with E-state index in [4.69, 9.17) is 18.9 Å². The van der Waals surface area contributed by atoms with Crippen LogP contribution in [0.2, 0.25) is 0 Å². The smallest absolute Gasteiger partial charge is 0.344 e. The summed E-state index contributed by atoms with van der Waals surface area (Å²) in [6.45, 7) is 2.47. The van der Waals surface area contributed by atoms with Crippen LogP contribution in [0, 0.1) is 0 Å². The Hall–Kier alpha value is -3.22. The monoisotopic (exact) mass is 413 g/mol. The van der Waals surface area contributed by atoms with Crippen molar-refractivity contribution in [3.63, 3.8) is 0 Å². The van der Waals surface area contributed by atoms with Crippen molar-refractivity contribution in [2.75, 3.05) is 34.0 Å². The summed E-state index contributed by atoms with van der Waals surface area (Å²) in [6, 6.07) is 11.4. The fourth-order valence-corrected chi connectivity index (χ4v) is 3.44. The van der Waals surface area contributed by atoms with Gasteiger partial charge in [-0.2, -0.15) is 0 Å². The van der Waals surface area contributed by atoms with Crippen LogP contribution in [-0.4, -0.2) is 50.8 Å². The number of para-hydroxylation sites is 1. The van der Waals surface area contributed by atoms with Gasteiger partial charge in [-0.25, -0.2) is 4.79 Å². The fourth-order valence-electron chi connectivity index (χ4n) is 3.44. The molecule has 0 radical (unpaired) electrons. The number of amides is 1. The van der Waals surface area contributed by atoms with Crippen LogP contribution >= 0.6 is 0 Å². The van der Waals surface area contributed by atoms with Crippen LogP contribution < -0.4 is 14.2 Å². The third-order valence-electron chi connectivity index (χ3n) is 5.13. The minimum Gasteiger partial charge on any atom is -0.493 e. The van der Waals surface area contributed by atoms with Gasteiger partial charge >= 0.3 is 5.97 Å². The van der Waals surface area contributed by atoms with E-state index in [-0.39, 0.29) is 19.1 Å². The van der Waals surface area contributed by atoms with Gasteiger partial charge in [0.05, 0.1) is 14.2 Å². The van der Waals surface area contributed by atoms with Gasteiger partial charge in [-0.05, 0) is 47.7 Å². The largest absolute Gasteiger partial charge is 0.493 e. The molecule has 2 aromatic carbocycles. The Morgan fingerprint density at radius 1 is 0.967 bits per heavy atom. The summed E-state index contributed by atoms with van der Waals surface area (Å²) in [7, 11) is 3.18. The summed E-state index contributed by atoms with van der Waals surface area (Å²) in [5.74, 6) is 1.15. The Morgan fingerprint density at radius 2 is 1.67 bits per heavy atom. The Kier molecular flexibility index (Phi) is 7.17. The van der Waals surface area contributed by atoms with Crippen molar-refractivity contribution in [2.45, 2.75) is 26.3 Å². The lowest BCUT2D eigenvalue weighted by atomic mass is 9.99. The fraction of sp³-hybridized carbons (Fsp3) is 0.391. The van der Waals surface area contributed by atoms with Gasteiger partial charge in [0.2, 0.25) is 0 Å². The van der Waals surface area contributed by atoms with Crippen molar-refractivity contribution in [3.05, 3.63) is 53.1 Å². The molecule has 0 N–H and O–H groups in total. The van der Waals surface area contributed by atoms with E-state index in [0.717, 1.165) is 23.1 Å². The summed E-state index contributed by atoms with van der Waals surface area (Å²) < 4.78 is 21.3. The molecule has 0 aliphatic carbocycles. The number of carbonyl (C=O) groups is 2. The number of esters is 1. The predicted molar refractivity (Wildman–Crippen MR) is 111 cm³/mol. The van der Waals surface area contributed by atoms with Crippen LogP contribution in [0.1, 0.15) is 23.6 Å². The van der Waals surface area contributed by atoms with E-state index >= 15 is 0 Å². The first-order chi connectivity index (χ1) is 14.5. The summed E-state index contributed by atoms with van der Waals surface area (Å²) in [6.07, 6.45) is 1.50. The average Bonchev–Trinajstić information content (AvgIpc) is 2.79. The van der Waals surface area contributed by atoms with Gasteiger partial charge in [-0.3, -0.25) is 4.79 Å². The molecule has 0 saturated heterocycles. The molecule has 0 bridgehead atoms. The standard InChI is InChI=1S/C23H27NO6/c1-4-16-7-5-6-8-19(16)29-15-23(26)30-14-22(25)24-10-9-17-11-20(27-2)21(28-3)12-18(17)13-24/h5-8,11-12H,4,9-10,13-15H2,1-3H3. The van der Waals surface area contributed by atoms with Crippen LogP contribution in [0.25, 0.3) is 0 Å². The maximum absolute atomic E-state index is 12.5. The molecule has 0 aromatic heterocycles. The zero-order valence-electron chi connectivity index (χ0n) is 17.6. The minimum absolute atomic E-state index is 0.232. The number of ether oxygens (including phenoxy) is 4. The number of rotatable bonds is 8. The van der Waals surface area contributed by atoms with Gasteiger partial charge in [0.15, 0.2) is 24.7 Å². The summed E-state index contributed by atoms with van der Waals surface area (Å²) in [5.41, 5.74) is 3.13. The predicted octanol–water partition coefficient (Wildman–Crippen LogP) is 2.77. The van der Waals surface area contributed by atoms with Gasteiger partial charge in [0.25, 0.3) is 5.91 Å². The van der Waals surface area contributed by atoms with Gasteiger partial charge < -0.3 is 23.8 Å². The van der Waals surface area contributed by atoms with E-state index < -0.39 is 5.97 Å². The third kappa shape index (κ3) is 5.03. The van der Waals surface area contributed by atoms with E-state index in [9.17, 15) is 9.59 Å². The Bertz CT molecular complexity index is 911. The lowest BCUT2D eigenvalue weighted by Gasteiger charge is -2.29. The molecular formula is C23H27NO6. The van der Waals surface area contributed by atoms with Crippen LogP contribution in [0.3, 0.4) is 0 Å². The maximum atomic E-state index is 12.5. The first-order valence-electron chi connectivity index (χ1n) is 9.93. The van der Waals surface area contributed by atoms with Gasteiger partial charge in [-0.1, -0.05) is 25.1 Å². The number of hydrogen-bond acceptors (Lipinski definition) is 6. The zero-order chi connectivity index (χ0) is 21.5. The number of carbonyl (C=O) groups excluding carboxylic acids is 2. The molecule has 1 aliphatic rings. The van der Waals surface area contributed by atoms with Crippen molar-refractivity contribution in [3.8, 4) is 17.2 Å². The van der Waals surface area contributed by atoms with Gasteiger partial charge in [0, 0.05) is 13.1 Å². The Labute approximate surface area is 176 Å². The topological polar surface area (TPSA) is 74.3 Å². The second kappa shape index (κ2) is 10.0. The molecule has 7 nitrogen and oxygen atoms in total. The van der Waals surface area contributed by atoms with E-state index in [1.54, 1.807) is 19.1 Å². The molecule has 0 spiro atoms. The average molecular weight is 413 g/mol. The second-order valence-corrected chi connectivity index (χ2v) is 6.95. The summed E-state index contributed by atoms with van der Waals surface area (Å²) in [4.78, 5) is 26.2. The van der Waals surface area contributed by atoms with Gasteiger partial charge in [-0.15, -0.1) is 0 Å². The molecule has 0 fully saturated rings. The highest BCUT2D eigenvalue weighted by Crippen LogP contribution is 2.33. The highest BCUT2D eigenvalue weighted by atomic mass is 16.6.